The lowest BCUT2D eigenvalue weighted by Crippen LogP contribution is -2.66. The Morgan fingerprint density at radius 2 is 1.32 bits per heavy atom. The monoisotopic (exact) mass is 1630 g/mol. The highest BCUT2D eigenvalue weighted by Crippen LogP contribution is 2.50. The summed E-state index contributed by atoms with van der Waals surface area (Å²) in [7, 11) is 1.49. The molecule has 7 aliphatic rings. The van der Waals surface area contributed by atoms with Gasteiger partial charge in [-0.2, -0.15) is 0 Å². The number of carboxylic acid groups (broad SMARTS) is 1. The first kappa shape index (κ1) is 86.9. The first-order valence-corrected chi connectivity index (χ1v) is 38.3. The van der Waals surface area contributed by atoms with Crippen LogP contribution in [0.3, 0.4) is 0 Å². The van der Waals surface area contributed by atoms with Crippen LogP contribution in [0.15, 0.2) is 91.5 Å². The van der Waals surface area contributed by atoms with E-state index in [0.29, 0.717) is 13.1 Å². The minimum Gasteiger partial charge on any atom is -0.508 e. The molecule has 34 nitrogen and oxygen atoms in total. The van der Waals surface area contributed by atoms with Gasteiger partial charge in [0.2, 0.25) is 53.4 Å². The van der Waals surface area contributed by atoms with E-state index in [9.17, 15) is 69.9 Å². The van der Waals surface area contributed by atoms with E-state index in [2.05, 4.69) is 54.4 Å². The summed E-state index contributed by atoms with van der Waals surface area (Å²) in [4.78, 5) is 118. The lowest BCUT2D eigenvalue weighted by Gasteiger charge is -2.48. The molecule has 0 aliphatic carbocycles. The summed E-state index contributed by atoms with van der Waals surface area (Å²) in [5.74, 6) is -15.6. The topological polar surface area (TPSA) is 534 Å². The van der Waals surface area contributed by atoms with Crippen LogP contribution in [0.25, 0.3) is 11.1 Å². The van der Waals surface area contributed by atoms with Crippen molar-refractivity contribution in [2.75, 3.05) is 33.2 Å². The first-order valence-electron chi connectivity index (χ1n) is 37.6. The van der Waals surface area contributed by atoms with Gasteiger partial charge in [-0.05, 0) is 136 Å². The molecular formula is C78H99Cl2N11O23. The number of phenols is 3. The molecule has 7 aliphatic heterocycles. The van der Waals surface area contributed by atoms with E-state index < -0.39 is 231 Å². The Morgan fingerprint density at radius 3 is 1.95 bits per heavy atom. The van der Waals surface area contributed by atoms with Gasteiger partial charge in [0.25, 0.3) is 0 Å². The minimum absolute atomic E-state index is 0.0883. The second-order valence-electron chi connectivity index (χ2n) is 29.6. The third-order valence-corrected chi connectivity index (χ3v) is 21.2. The van der Waals surface area contributed by atoms with E-state index in [4.69, 9.17) is 63.1 Å². The van der Waals surface area contributed by atoms with Gasteiger partial charge in [-0.1, -0.05) is 87.0 Å². The molecule has 0 unspecified atom stereocenters. The van der Waals surface area contributed by atoms with Crippen LogP contribution < -0.4 is 73.5 Å². The second kappa shape index (κ2) is 38.3. The summed E-state index contributed by atoms with van der Waals surface area (Å²) in [6.07, 6.45) is -8.13. The number of carboxylic acids is 1. The number of rotatable bonds is 26. The highest BCUT2D eigenvalue weighted by Gasteiger charge is 2.52. The quantitative estimate of drug-likeness (QED) is 0.0279. The number of benzene rings is 5. The van der Waals surface area contributed by atoms with Gasteiger partial charge in [0.05, 0.1) is 34.7 Å². The summed E-state index contributed by atoms with van der Waals surface area (Å²) in [5.41, 5.74) is 8.16. The molecule has 2 fully saturated rings. The van der Waals surface area contributed by atoms with E-state index in [1.54, 1.807) is 13.8 Å². The number of halogens is 2. The van der Waals surface area contributed by atoms with Crippen LogP contribution >= 0.6 is 23.2 Å². The SMILES string of the molecule is C=CCCCCCCCCNCCN[C@@]1(C)C[C@H](O[C@H]2[C@H](Oc3c4cc5cc3Oc3ccc(cc3Cl)[C@@H](O)[C@@H](NC(=O)[C@@H](CC(C)C)NC)C(=O)N[C@@H](CC(N)=O)C(=O)N[C@H]5C(=O)N[C@H]3C(=O)N[C@H](C(=O)N[C@H](C(=O)O)c5cc(O)cc(O)c5-c5cc3ccc5O)[C@H](O)c3ccc(c(Cl)c3)O4)O[C@H](CN)[C@@H](O)[C@@H]2O)O[C@@H](C)[C@H]1O. The Bertz CT molecular complexity index is 4370. The molecule has 7 heterocycles. The number of aliphatic hydroxyl groups is 5. The van der Waals surface area contributed by atoms with Gasteiger partial charge in [-0.3, -0.25) is 33.6 Å². The Hall–Kier alpha value is -9.50. The number of primary amides is 1. The van der Waals surface area contributed by atoms with Gasteiger partial charge in [0, 0.05) is 54.4 Å². The van der Waals surface area contributed by atoms with Gasteiger partial charge in [-0.25, -0.2) is 4.79 Å². The molecule has 114 heavy (non-hydrogen) atoms. The Labute approximate surface area is 666 Å². The summed E-state index contributed by atoms with van der Waals surface area (Å²) in [5, 5.41) is 129. The van der Waals surface area contributed by atoms with Crippen molar-refractivity contribution in [3.63, 3.8) is 0 Å². The number of aliphatic carboxylic acids is 1. The van der Waals surface area contributed by atoms with Crippen LogP contribution in [0.4, 0.5) is 0 Å². The van der Waals surface area contributed by atoms with E-state index in [1.807, 2.05) is 19.9 Å². The lowest BCUT2D eigenvalue weighted by atomic mass is 9.85. The van der Waals surface area contributed by atoms with Crippen LogP contribution in [0.1, 0.15) is 150 Å². The predicted octanol–water partition coefficient (Wildman–Crippen LogP) is 3.21. The van der Waals surface area contributed by atoms with E-state index in [-0.39, 0.29) is 52.0 Å². The van der Waals surface area contributed by atoms with Gasteiger partial charge in [0.1, 0.15) is 89.5 Å². The molecule has 5 aromatic rings. The van der Waals surface area contributed by atoms with Crippen LogP contribution in [0, 0.1) is 5.92 Å². The summed E-state index contributed by atoms with van der Waals surface area (Å²) in [6, 6.07) is -0.253. The number of ether oxygens (including phenoxy) is 6. The number of amides is 7. The van der Waals surface area contributed by atoms with E-state index in [1.165, 1.54) is 25.2 Å². The van der Waals surface area contributed by atoms with Gasteiger partial charge < -0.3 is 134 Å². The van der Waals surface area contributed by atoms with E-state index >= 15 is 14.4 Å². The van der Waals surface area contributed by atoms with E-state index in [0.717, 1.165) is 112 Å². The van der Waals surface area contributed by atoms with Crippen molar-refractivity contribution in [2.24, 2.45) is 17.4 Å². The van der Waals surface area contributed by atoms with Crippen molar-refractivity contribution in [3.8, 4) is 57.1 Å². The maximum Gasteiger partial charge on any atom is 0.330 e. The average Bonchev–Trinajstić information content (AvgIpc) is 0.771. The fourth-order valence-electron chi connectivity index (χ4n) is 14.5. The number of nitrogens with two attached hydrogens (primary N) is 2. The number of nitrogens with one attached hydrogen (secondary N) is 9. The first-order chi connectivity index (χ1) is 54.2. The molecule has 2 saturated heterocycles. The van der Waals surface area contributed by atoms with Crippen LogP contribution in [0.5, 0.6) is 46.0 Å². The molecule has 0 saturated carbocycles. The lowest BCUT2D eigenvalue weighted by molar-refractivity contribution is -0.331. The summed E-state index contributed by atoms with van der Waals surface area (Å²) < 4.78 is 39.7. The Kier molecular flexibility index (Phi) is 29.2. The molecule has 618 valence electrons. The molecule has 0 aromatic heterocycles. The number of phenolic OH excluding ortho intramolecular Hbond substituents is 3. The van der Waals surface area contributed by atoms with Crippen molar-refractivity contribution < 1.29 is 113 Å². The number of hydrogen-bond donors (Lipinski definition) is 20. The number of hydrogen-bond acceptors (Lipinski definition) is 26. The third-order valence-electron chi connectivity index (χ3n) is 20.6. The molecule has 7 amide bonds. The number of allylic oxidation sites excluding steroid dienone is 1. The molecule has 0 radical (unpaired) electrons. The van der Waals surface area contributed by atoms with Gasteiger partial charge in [0.15, 0.2) is 29.9 Å². The number of carbonyl (C=O) groups is 8. The zero-order chi connectivity index (χ0) is 82.7. The average molecular weight is 1630 g/mol. The zero-order valence-corrected chi connectivity index (χ0v) is 64.7. The predicted molar refractivity (Wildman–Crippen MR) is 410 cm³/mol. The van der Waals surface area contributed by atoms with Crippen molar-refractivity contribution >= 4 is 70.5 Å². The second-order valence-corrected chi connectivity index (χ2v) is 30.4. The van der Waals surface area contributed by atoms with Crippen molar-refractivity contribution in [1.29, 1.82) is 0 Å². The van der Waals surface area contributed by atoms with Crippen molar-refractivity contribution in [1.82, 2.24) is 47.9 Å². The zero-order valence-electron chi connectivity index (χ0n) is 63.2. The number of aromatic hydroxyl groups is 3. The number of aliphatic hydroxyl groups excluding tert-OH is 5. The number of fused-ring (bicyclic) bond motifs is 15. The summed E-state index contributed by atoms with van der Waals surface area (Å²) >= 11 is 14.3. The molecule has 36 heteroatoms. The molecule has 18 atom stereocenters. The Balaban J connectivity index is 1.15. The fourth-order valence-corrected chi connectivity index (χ4v) is 14.9. The smallest absolute Gasteiger partial charge is 0.330 e. The van der Waals surface area contributed by atoms with Crippen LogP contribution in [0.2, 0.25) is 10.0 Å². The normalized spacial score (nSPS) is 27.4. The van der Waals surface area contributed by atoms with Crippen molar-refractivity contribution in [3.05, 3.63) is 129 Å². The molecule has 12 rings (SSSR count). The highest BCUT2D eigenvalue weighted by atomic mass is 35.5. The highest BCUT2D eigenvalue weighted by molar-refractivity contribution is 6.32. The van der Waals surface area contributed by atoms with Crippen LogP contribution in [-0.2, 0) is 52.6 Å². The molecule has 0 spiro atoms. The minimum atomic E-state index is -2.33. The maximum absolute atomic E-state index is 16.2. The van der Waals surface area contributed by atoms with Gasteiger partial charge in [-0.15, -0.1) is 6.58 Å². The van der Waals surface area contributed by atoms with Gasteiger partial charge >= 0.3 is 5.97 Å². The van der Waals surface area contributed by atoms with Crippen LogP contribution in [-0.4, -0.2) is 205 Å². The van der Waals surface area contributed by atoms with Crippen molar-refractivity contribution in [2.45, 2.75) is 201 Å². The summed E-state index contributed by atoms with van der Waals surface area (Å²) in [6.45, 7) is 12.0. The number of unbranched alkanes of at least 4 members (excludes halogenated alkanes) is 6. The Morgan fingerprint density at radius 1 is 0.702 bits per heavy atom. The standard InChI is InChI=1S/C78H99Cl2N11O23/c1-7-8-9-10-11-12-13-14-21-84-22-23-85-78(5)33-56(109-36(4)69(78)100)113-68-66(99)65(98)54(34-81)112-77(68)114-67-52-28-40-29-53(67)111-51-20-17-39(27-45(51)80)64(97)62-75(106)89-60(76(107)108)43-30-41(92)31-49(94)57(43)42-25-37(15-18-48(42)93)58(72(103)91-62)88-73(104)59(40)87-71(102)47(32-55(82)95)86-74(105)61(90-70(101)46(83-6)24-35(2)3)63(96)38-16-19-50(110-52)44(79)26-38/h7,15-20,25-31,35-36,46-47,54,56,58-66,68-69,77,83-85,92-94,96-100H,1,8-14,21-24,32-34,81H2,2-6H3,(H2,82,95)(H,86,105)(H,87,102)(H,88,104)(H,89,106)(H,90,101)(H,91,103)(H,107,108)/t36-,46+,47-,54+,56-,58+,59+,60-,61+,62-,63+,64+,65+,66-,68+,69+,77-,78-/m0/s1. The number of likely N-dealkylation sites (N-methyl/N-ethyl adjacent to an activating group) is 1. The third kappa shape index (κ3) is 20.4. The molecule has 22 N–H and O–H groups in total. The fraction of sp³-hybridized carbons (Fsp3) is 0.487. The molecule has 5 aromatic carbocycles. The molecular weight excluding hydrogens is 1530 g/mol. The molecule has 11 bridgehead atoms. The largest absolute Gasteiger partial charge is 0.508 e. The maximum atomic E-state index is 16.2. The number of carbonyl (C=O) groups excluding carboxylic acids is 7.